The fourth-order valence-electron chi connectivity index (χ4n) is 1.64. The number of halogens is 1. The monoisotopic (exact) mass is 306 g/mol. The fourth-order valence-corrected chi connectivity index (χ4v) is 2.76. The first kappa shape index (κ1) is 12.7. The van der Waals surface area contributed by atoms with Crippen LogP contribution in [0.1, 0.15) is 12.0 Å². The van der Waals surface area contributed by atoms with Crippen LogP contribution in [0.4, 0.5) is 0 Å². The van der Waals surface area contributed by atoms with E-state index in [0.29, 0.717) is 0 Å². The van der Waals surface area contributed by atoms with Gasteiger partial charge in [-0.05, 0) is 48.4 Å². The zero-order valence-corrected chi connectivity index (χ0v) is 12.0. The summed E-state index contributed by atoms with van der Waals surface area (Å²) >= 11 is 5.38. The molecule has 0 aliphatic heterocycles. The lowest BCUT2D eigenvalue weighted by molar-refractivity contribution is 0.933. The molecule has 0 aliphatic carbocycles. The van der Waals surface area contributed by atoms with Crippen LogP contribution in [0.15, 0.2) is 64.0 Å². The number of hydrogen-bond donors (Lipinski definition) is 0. The Kier molecular flexibility index (Phi) is 5.14. The van der Waals surface area contributed by atoms with Gasteiger partial charge >= 0.3 is 0 Å². The Balaban J connectivity index is 1.71. The number of rotatable bonds is 5. The molecule has 2 aromatic carbocycles. The summed E-state index contributed by atoms with van der Waals surface area (Å²) in [4.78, 5) is 1.35. The van der Waals surface area contributed by atoms with E-state index in [1.807, 2.05) is 11.8 Å². The molecule has 0 N–H and O–H groups in total. The molecular formula is C15H15BrS. The highest BCUT2D eigenvalue weighted by atomic mass is 79.9. The van der Waals surface area contributed by atoms with Crippen molar-refractivity contribution in [2.75, 3.05) is 5.75 Å². The SMILES string of the molecule is Brc1ccc(SCCCc2ccccc2)cc1. The lowest BCUT2D eigenvalue weighted by Gasteiger charge is -2.02. The fraction of sp³-hybridized carbons (Fsp3) is 0.200. The van der Waals surface area contributed by atoms with Crippen molar-refractivity contribution in [2.45, 2.75) is 17.7 Å². The van der Waals surface area contributed by atoms with Gasteiger partial charge in [-0.1, -0.05) is 46.3 Å². The Bertz CT molecular complexity index is 436. The molecule has 0 unspecified atom stereocenters. The van der Waals surface area contributed by atoms with E-state index in [4.69, 9.17) is 0 Å². The van der Waals surface area contributed by atoms with Gasteiger partial charge in [0.1, 0.15) is 0 Å². The van der Waals surface area contributed by atoms with Gasteiger partial charge in [-0.3, -0.25) is 0 Å². The molecule has 0 fully saturated rings. The smallest absolute Gasteiger partial charge is 0.0176 e. The summed E-state index contributed by atoms with van der Waals surface area (Å²) in [6, 6.07) is 19.2. The van der Waals surface area contributed by atoms with E-state index in [9.17, 15) is 0 Å². The van der Waals surface area contributed by atoms with Crippen molar-refractivity contribution in [2.24, 2.45) is 0 Å². The van der Waals surface area contributed by atoms with Gasteiger partial charge in [-0.15, -0.1) is 11.8 Å². The van der Waals surface area contributed by atoms with Crippen molar-refractivity contribution in [3.63, 3.8) is 0 Å². The van der Waals surface area contributed by atoms with Crippen LogP contribution < -0.4 is 0 Å². The third-order valence-corrected chi connectivity index (χ3v) is 4.16. The minimum atomic E-state index is 1.14. The van der Waals surface area contributed by atoms with Crippen LogP contribution in [0, 0.1) is 0 Å². The minimum absolute atomic E-state index is 1.14. The van der Waals surface area contributed by atoms with Gasteiger partial charge < -0.3 is 0 Å². The molecule has 2 heteroatoms. The third kappa shape index (κ3) is 4.57. The van der Waals surface area contributed by atoms with E-state index in [0.717, 1.165) is 4.47 Å². The lowest BCUT2D eigenvalue weighted by Crippen LogP contribution is -1.87. The Hall–Kier alpha value is -0.730. The number of benzene rings is 2. The van der Waals surface area contributed by atoms with Gasteiger partial charge in [0.15, 0.2) is 0 Å². The predicted octanol–water partition coefficient (Wildman–Crippen LogP) is 5.17. The summed E-state index contributed by atoms with van der Waals surface area (Å²) in [6.45, 7) is 0. The second-order valence-electron chi connectivity index (χ2n) is 3.89. The van der Waals surface area contributed by atoms with E-state index < -0.39 is 0 Å². The van der Waals surface area contributed by atoms with Crippen LogP contribution in [0.5, 0.6) is 0 Å². The molecule has 0 spiro atoms. The van der Waals surface area contributed by atoms with E-state index in [-0.39, 0.29) is 0 Å². The highest BCUT2D eigenvalue weighted by Crippen LogP contribution is 2.21. The summed E-state index contributed by atoms with van der Waals surface area (Å²) in [6.07, 6.45) is 2.40. The topological polar surface area (TPSA) is 0 Å². The molecule has 2 rings (SSSR count). The molecule has 0 saturated carbocycles. The maximum Gasteiger partial charge on any atom is 0.0176 e. The average molecular weight is 307 g/mol. The zero-order chi connectivity index (χ0) is 11.9. The van der Waals surface area contributed by atoms with E-state index in [2.05, 4.69) is 70.5 Å². The van der Waals surface area contributed by atoms with Gasteiger partial charge in [0.2, 0.25) is 0 Å². The van der Waals surface area contributed by atoms with Crippen molar-refractivity contribution in [1.82, 2.24) is 0 Å². The van der Waals surface area contributed by atoms with Gasteiger partial charge in [-0.2, -0.15) is 0 Å². The molecule has 88 valence electrons. The minimum Gasteiger partial charge on any atom is -0.126 e. The molecule has 0 bridgehead atoms. The quantitative estimate of drug-likeness (QED) is 0.542. The second-order valence-corrected chi connectivity index (χ2v) is 5.98. The number of hydrogen-bond acceptors (Lipinski definition) is 1. The van der Waals surface area contributed by atoms with Gasteiger partial charge in [0.05, 0.1) is 0 Å². The molecule has 2 aromatic rings. The molecule has 0 heterocycles. The molecule has 17 heavy (non-hydrogen) atoms. The summed E-state index contributed by atoms with van der Waals surface area (Å²) in [5.41, 5.74) is 1.43. The first-order valence-electron chi connectivity index (χ1n) is 5.77. The largest absolute Gasteiger partial charge is 0.126 e. The van der Waals surface area contributed by atoms with Crippen LogP contribution in [0.2, 0.25) is 0 Å². The normalized spacial score (nSPS) is 10.4. The highest BCUT2D eigenvalue weighted by Gasteiger charge is 1.95. The number of thioether (sulfide) groups is 1. The standard InChI is InChI=1S/C15H15BrS/c16-14-8-10-15(11-9-14)17-12-4-7-13-5-2-1-3-6-13/h1-3,5-6,8-11H,4,7,12H2. The average Bonchev–Trinajstić information content (AvgIpc) is 2.38. The molecule has 0 aliphatic rings. The number of aryl methyl sites for hydroxylation is 1. The second kappa shape index (κ2) is 6.87. The Morgan fingerprint density at radius 1 is 0.882 bits per heavy atom. The van der Waals surface area contributed by atoms with Gasteiger partial charge in [0.25, 0.3) is 0 Å². The predicted molar refractivity (Wildman–Crippen MR) is 79.6 cm³/mol. The summed E-state index contributed by atoms with van der Waals surface area (Å²) in [5.74, 6) is 1.18. The molecule has 0 aromatic heterocycles. The van der Waals surface area contributed by atoms with Crippen LogP contribution in [0.3, 0.4) is 0 Å². The molecule has 0 atom stereocenters. The highest BCUT2D eigenvalue weighted by molar-refractivity contribution is 9.10. The lowest BCUT2D eigenvalue weighted by atomic mass is 10.1. The molecule has 0 nitrogen and oxygen atoms in total. The first-order chi connectivity index (χ1) is 8.34. The van der Waals surface area contributed by atoms with Crippen molar-refractivity contribution in [3.8, 4) is 0 Å². The maximum atomic E-state index is 3.45. The van der Waals surface area contributed by atoms with Gasteiger partial charge in [0, 0.05) is 9.37 Å². The third-order valence-electron chi connectivity index (χ3n) is 2.53. The van der Waals surface area contributed by atoms with Crippen molar-refractivity contribution >= 4 is 27.7 Å². The van der Waals surface area contributed by atoms with Crippen LogP contribution in [-0.4, -0.2) is 5.75 Å². The van der Waals surface area contributed by atoms with Crippen LogP contribution in [-0.2, 0) is 6.42 Å². The summed E-state index contributed by atoms with van der Waals surface area (Å²) in [7, 11) is 0. The maximum absolute atomic E-state index is 3.45. The van der Waals surface area contributed by atoms with E-state index >= 15 is 0 Å². The van der Waals surface area contributed by atoms with Crippen molar-refractivity contribution < 1.29 is 0 Å². The molecular weight excluding hydrogens is 292 g/mol. The van der Waals surface area contributed by atoms with Crippen molar-refractivity contribution in [3.05, 3.63) is 64.6 Å². The molecule has 0 saturated heterocycles. The zero-order valence-electron chi connectivity index (χ0n) is 9.60. The van der Waals surface area contributed by atoms with E-state index in [1.54, 1.807) is 0 Å². The summed E-state index contributed by atoms with van der Waals surface area (Å²) < 4.78 is 1.14. The Morgan fingerprint density at radius 3 is 2.29 bits per heavy atom. The molecule has 0 radical (unpaired) electrons. The summed E-state index contributed by atoms with van der Waals surface area (Å²) in [5, 5.41) is 0. The van der Waals surface area contributed by atoms with Crippen LogP contribution in [0.25, 0.3) is 0 Å². The van der Waals surface area contributed by atoms with E-state index in [1.165, 1.54) is 29.1 Å². The van der Waals surface area contributed by atoms with Crippen molar-refractivity contribution in [1.29, 1.82) is 0 Å². The Labute approximate surface area is 116 Å². The van der Waals surface area contributed by atoms with Crippen LogP contribution >= 0.6 is 27.7 Å². The van der Waals surface area contributed by atoms with Gasteiger partial charge in [-0.25, -0.2) is 0 Å². The molecule has 0 amide bonds. The Morgan fingerprint density at radius 2 is 1.59 bits per heavy atom. The first-order valence-corrected chi connectivity index (χ1v) is 7.55.